The van der Waals surface area contributed by atoms with E-state index in [0.717, 1.165) is 12.0 Å². The highest BCUT2D eigenvalue weighted by molar-refractivity contribution is 7.12. The Labute approximate surface area is 162 Å². The molecule has 1 fully saturated rings. The smallest absolute Gasteiger partial charge is 0.337 e. The third-order valence-corrected chi connectivity index (χ3v) is 5.56. The Kier molecular flexibility index (Phi) is 5.91. The normalized spacial score (nSPS) is 16.2. The van der Waals surface area contributed by atoms with Gasteiger partial charge in [-0.25, -0.2) is 4.79 Å². The molecule has 0 aliphatic carbocycles. The molecule has 1 aromatic carbocycles. The van der Waals surface area contributed by atoms with Gasteiger partial charge >= 0.3 is 5.97 Å². The zero-order valence-corrected chi connectivity index (χ0v) is 16.2. The minimum atomic E-state index is -0.418. The van der Waals surface area contributed by atoms with Gasteiger partial charge in [0.1, 0.15) is 6.04 Å². The van der Waals surface area contributed by atoms with Crippen LogP contribution >= 0.6 is 11.3 Å². The van der Waals surface area contributed by atoms with Crippen molar-refractivity contribution in [1.29, 1.82) is 0 Å². The average Bonchev–Trinajstić information content (AvgIpc) is 3.38. The lowest BCUT2D eigenvalue weighted by Gasteiger charge is -2.28. The molecule has 2 amide bonds. The number of carbonyl (C=O) groups is 3. The summed E-state index contributed by atoms with van der Waals surface area (Å²) < 4.78 is 4.69. The van der Waals surface area contributed by atoms with Crippen LogP contribution in [0, 0.1) is 0 Å². The number of rotatable bonds is 5. The molecule has 2 aromatic rings. The zero-order chi connectivity index (χ0) is 19.4. The maximum absolute atomic E-state index is 12.9. The largest absolute Gasteiger partial charge is 0.465 e. The molecule has 142 valence electrons. The monoisotopic (exact) mass is 386 g/mol. The number of methoxy groups -OCH3 is 1. The molecule has 0 radical (unpaired) electrons. The van der Waals surface area contributed by atoms with Gasteiger partial charge < -0.3 is 14.5 Å². The van der Waals surface area contributed by atoms with Crippen molar-refractivity contribution in [3.05, 3.63) is 57.8 Å². The van der Waals surface area contributed by atoms with Crippen molar-refractivity contribution >= 4 is 29.1 Å². The lowest BCUT2D eigenvalue weighted by Crippen LogP contribution is -2.46. The molecule has 1 aliphatic rings. The predicted octanol–water partition coefficient (Wildman–Crippen LogP) is 2.80. The number of esters is 1. The lowest BCUT2D eigenvalue weighted by atomic mass is 10.1. The minimum absolute atomic E-state index is 0.0607. The molecule has 1 aliphatic heterocycles. The van der Waals surface area contributed by atoms with Gasteiger partial charge in [0.05, 0.1) is 17.6 Å². The van der Waals surface area contributed by atoms with E-state index in [1.54, 1.807) is 47.2 Å². The molecular formula is C20H22N2O4S. The second kappa shape index (κ2) is 8.35. The van der Waals surface area contributed by atoms with Crippen molar-refractivity contribution < 1.29 is 19.1 Å². The first-order valence-electron chi connectivity index (χ1n) is 8.78. The molecule has 2 heterocycles. The highest BCUT2D eigenvalue weighted by atomic mass is 32.1. The Bertz CT molecular complexity index is 817. The van der Waals surface area contributed by atoms with Crippen LogP contribution in [0.15, 0.2) is 41.8 Å². The summed E-state index contributed by atoms with van der Waals surface area (Å²) in [6.07, 6.45) is 1.51. The molecule has 0 bridgehead atoms. The standard InChI is InChI=1S/C20H22N2O4S/c1-21(13-14-7-9-15(10-8-14)20(25)26-2)18(23)16-5-3-11-22(16)19(24)17-6-4-12-27-17/h4,6-10,12,16H,3,5,11,13H2,1-2H3/t16-/m0/s1. The molecule has 27 heavy (non-hydrogen) atoms. The Morgan fingerprint density at radius 1 is 1.22 bits per heavy atom. The first-order valence-corrected chi connectivity index (χ1v) is 9.66. The second-order valence-corrected chi connectivity index (χ2v) is 7.46. The quantitative estimate of drug-likeness (QED) is 0.741. The predicted molar refractivity (Wildman–Crippen MR) is 103 cm³/mol. The first-order chi connectivity index (χ1) is 13.0. The summed E-state index contributed by atoms with van der Waals surface area (Å²) in [6, 6.07) is 10.2. The number of likely N-dealkylation sites (N-methyl/N-ethyl adjacent to an activating group) is 1. The lowest BCUT2D eigenvalue weighted by molar-refractivity contribution is -0.134. The van der Waals surface area contributed by atoms with Crippen LogP contribution in [0.1, 0.15) is 38.4 Å². The van der Waals surface area contributed by atoms with Crippen LogP contribution in [0.5, 0.6) is 0 Å². The van der Waals surface area contributed by atoms with E-state index in [0.29, 0.717) is 30.0 Å². The molecule has 3 rings (SSSR count). The number of benzene rings is 1. The first kappa shape index (κ1) is 19.1. The fourth-order valence-corrected chi connectivity index (χ4v) is 3.96. The van der Waals surface area contributed by atoms with Crippen molar-refractivity contribution in [2.45, 2.75) is 25.4 Å². The van der Waals surface area contributed by atoms with E-state index in [4.69, 9.17) is 0 Å². The van der Waals surface area contributed by atoms with Crippen LogP contribution in [0.3, 0.4) is 0 Å². The zero-order valence-electron chi connectivity index (χ0n) is 15.4. The van der Waals surface area contributed by atoms with Crippen molar-refractivity contribution in [3.8, 4) is 0 Å². The van der Waals surface area contributed by atoms with Gasteiger partial charge in [0.2, 0.25) is 5.91 Å². The number of ether oxygens (including phenoxy) is 1. The number of hydrogen-bond donors (Lipinski definition) is 0. The average molecular weight is 386 g/mol. The van der Waals surface area contributed by atoms with Gasteiger partial charge in [0.25, 0.3) is 5.91 Å². The number of thiophene rings is 1. The van der Waals surface area contributed by atoms with Crippen molar-refractivity contribution in [2.75, 3.05) is 20.7 Å². The van der Waals surface area contributed by atoms with Crippen LogP contribution in [-0.4, -0.2) is 54.3 Å². The van der Waals surface area contributed by atoms with Gasteiger partial charge in [0, 0.05) is 20.1 Å². The summed E-state index contributed by atoms with van der Waals surface area (Å²) in [5.41, 5.74) is 1.38. The summed E-state index contributed by atoms with van der Waals surface area (Å²) in [6.45, 7) is 1.02. The highest BCUT2D eigenvalue weighted by Gasteiger charge is 2.36. The van der Waals surface area contributed by atoms with Gasteiger partial charge in [-0.1, -0.05) is 18.2 Å². The van der Waals surface area contributed by atoms with Crippen molar-refractivity contribution in [2.24, 2.45) is 0 Å². The van der Waals surface area contributed by atoms with Crippen molar-refractivity contribution in [1.82, 2.24) is 9.80 Å². The van der Waals surface area contributed by atoms with Gasteiger partial charge in [-0.3, -0.25) is 9.59 Å². The van der Waals surface area contributed by atoms with Crippen LogP contribution in [0.2, 0.25) is 0 Å². The van der Waals surface area contributed by atoms with Crippen LogP contribution in [-0.2, 0) is 16.1 Å². The summed E-state index contributed by atoms with van der Waals surface area (Å²) >= 11 is 1.39. The van der Waals surface area contributed by atoms with Gasteiger partial charge in [-0.15, -0.1) is 11.3 Å². The van der Waals surface area contributed by atoms with E-state index in [-0.39, 0.29) is 17.8 Å². The van der Waals surface area contributed by atoms with E-state index >= 15 is 0 Å². The molecular weight excluding hydrogens is 364 g/mol. The van der Waals surface area contributed by atoms with E-state index in [2.05, 4.69) is 4.74 Å². The van der Waals surface area contributed by atoms with E-state index < -0.39 is 6.04 Å². The Hall–Kier alpha value is -2.67. The fourth-order valence-electron chi connectivity index (χ4n) is 3.28. The van der Waals surface area contributed by atoms with Crippen molar-refractivity contribution in [3.63, 3.8) is 0 Å². The molecule has 0 unspecified atom stereocenters. The molecule has 0 saturated carbocycles. The Morgan fingerprint density at radius 3 is 2.59 bits per heavy atom. The maximum atomic E-state index is 12.9. The molecule has 6 nitrogen and oxygen atoms in total. The van der Waals surface area contributed by atoms with Gasteiger partial charge in [-0.2, -0.15) is 0 Å². The van der Waals surface area contributed by atoms with E-state index in [1.165, 1.54) is 18.4 Å². The van der Waals surface area contributed by atoms with Crippen LogP contribution < -0.4 is 0 Å². The third-order valence-electron chi connectivity index (χ3n) is 4.70. The molecule has 1 saturated heterocycles. The summed E-state index contributed by atoms with van der Waals surface area (Å²) in [4.78, 5) is 41.1. The third kappa shape index (κ3) is 4.19. The van der Waals surface area contributed by atoms with E-state index in [9.17, 15) is 14.4 Å². The van der Waals surface area contributed by atoms with Gasteiger partial charge in [-0.05, 0) is 42.0 Å². The summed E-state index contributed by atoms with van der Waals surface area (Å²) in [5.74, 6) is -0.522. The minimum Gasteiger partial charge on any atom is -0.465 e. The molecule has 0 N–H and O–H groups in total. The molecule has 1 atom stereocenters. The molecule has 0 spiro atoms. The highest BCUT2D eigenvalue weighted by Crippen LogP contribution is 2.24. The summed E-state index contributed by atoms with van der Waals surface area (Å²) in [7, 11) is 3.08. The van der Waals surface area contributed by atoms with Crippen LogP contribution in [0.25, 0.3) is 0 Å². The number of carbonyl (C=O) groups excluding carboxylic acids is 3. The topological polar surface area (TPSA) is 66.9 Å². The Balaban J connectivity index is 1.65. The summed E-state index contributed by atoms with van der Waals surface area (Å²) in [5, 5.41) is 1.87. The molecule has 7 heteroatoms. The maximum Gasteiger partial charge on any atom is 0.337 e. The number of nitrogens with zero attached hydrogens (tertiary/aromatic N) is 2. The number of likely N-dealkylation sites (tertiary alicyclic amines) is 1. The van der Waals surface area contributed by atoms with Gasteiger partial charge in [0.15, 0.2) is 0 Å². The fraction of sp³-hybridized carbons (Fsp3) is 0.350. The SMILES string of the molecule is COC(=O)c1ccc(CN(C)C(=O)[C@@H]2CCCN2C(=O)c2cccs2)cc1. The van der Waals surface area contributed by atoms with Crippen LogP contribution in [0.4, 0.5) is 0 Å². The second-order valence-electron chi connectivity index (χ2n) is 6.52. The molecule has 1 aromatic heterocycles. The van der Waals surface area contributed by atoms with E-state index in [1.807, 2.05) is 11.4 Å². The number of hydrogen-bond acceptors (Lipinski definition) is 5. The number of amides is 2. The Morgan fingerprint density at radius 2 is 1.96 bits per heavy atom.